The third-order valence-electron chi connectivity index (χ3n) is 11.7. The Morgan fingerprint density at radius 2 is 0.615 bits per heavy atom. The van der Waals surface area contributed by atoms with Gasteiger partial charge in [-0.2, -0.15) is 0 Å². The summed E-state index contributed by atoms with van der Waals surface area (Å²) in [7, 11) is 0. The topological polar surface area (TPSA) is 18.2 Å². The Hall–Kier alpha value is -7.04. The van der Waals surface area contributed by atoms with Gasteiger partial charge < -0.3 is 17.8 Å². The van der Waals surface area contributed by atoms with E-state index in [0.717, 1.165) is 11.2 Å². The minimum Gasteiger partial charge on any atom is -0.309 e. The summed E-state index contributed by atoms with van der Waals surface area (Å²) in [6.07, 6.45) is 0. The van der Waals surface area contributed by atoms with Crippen LogP contribution in [0.4, 0.5) is 0 Å². The van der Waals surface area contributed by atoms with E-state index in [9.17, 15) is 0 Å². The maximum atomic E-state index is 2.54. The number of benzene rings is 8. The van der Waals surface area contributed by atoms with E-state index in [1.807, 2.05) is 0 Å². The zero-order chi connectivity index (χ0) is 33.7. The molecule has 4 nitrogen and oxygen atoms in total. The molecule has 0 saturated heterocycles. The first-order valence-corrected chi connectivity index (χ1v) is 18.0. The smallest absolute Gasteiger partial charge is 0.0789 e. The van der Waals surface area contributed by atoms with Crippen LogP contribution in [0, 0.1) is 0 Å². The predicted molar refractivity (Wildman–Crippen MR) is 219 cm³/mol. The number of aromatic nitrogens is 4. The maximum Gasteiger partial charge on any atom is 0.0789 e. The number of hydrogen-bond acceptors (Lipinski definition) is 0. The highest BCUT2D eigenvalue weighted by molar-refractivity contribution is 6.26. The second-order valence-electron chi connectivity index (χ2n) is 14.1. The molecule has 5 heterocycles. The third kappa shape index (κ3) is 3.11. The van der Waals surface area contributed by atoms with Crippen molar-refractivity contribution in [2.24, 2.45) is 0 Å². The van der Waals surface area contributed by atoms with Crippen molar-refractivity contribution in [3.63, 3.8) is 0 Å². The average molecular weight is 661 g/mol. The van der Waals surface area contributed by atoms with Crippen LogP contribution in [0.5, 0.6) is 0 Å². The van der Waals surface area contributed by atoms with Gasteiger partial charge in [-0.1, -0.05) is 109 Å². The van der Waals surface area contributed by atoms with Crippen LogP contribution in [0.25, 0.3) is 109 Å². The Labute approximate surface area is 296 Å². The lowest BCUT2D eigenvalue weighted by Crippen LogP contribution is -1.94. The van der Waals surface area contributed by atoms with Gasteiger partial charge >= 0.3 is 0 Å². The molecule has 52 heavy (non-hydrogen) atoms. The SMILES string of the molecule is c1ccc2c(c1)c1ccccc1n2-c1ccc2c(c1)c1ccc3c4ccccc4n4c5cccc6c7ccccc7n(c7ccccc7n2c1c34)c65. The van der Waals surface area contributed by atoms with E-state index in [1.165, 1.54) is 98.3 Å². The van der Waals surface area contributed by atoms with Gasteiger partial charge in [-0.25, -0.2) is 0 Å². The number of fused-ring (bicyclic) bond motifs is 16. The molecule has 13 rings (SSSR count). The van der Waals surface area contributed by atoms with Crippen molar-refractivity contribution in [1.29, 1.82) is 0 Å². The first kappa shape index (κ1) is 26.8. The van der Waals surface area contributed by atoms with E-state index < -0.39 is 0 Å². The molecule has 0 N–H and O–H groups in total. The molecule has 4 heteroatoms. The van der Waals surface area contributed by atoms with E-state index in [1.54, 1.807) is 0 Å². The highest BCUT2D eigenvalue weighted by Crippen LogP contribution is 2.43. The third-order valence-corrected chi connectivity index (χ3v) is 11.7. The van der Waals surface area contributed by atoms with Crippen LogP contribution in [0.1, 0.15) is 0 Å². The summed E-state index contributed by atoms with van der Waals surface area (Å²) in [5.74, 6) is 0. The number of para-hydroxylation sites is 7. The highest BCUT2D eigenvalue weighted by atomic mass is 15.0. The molecule has 0 aliphatic carbocycles. The minimum absolute atomic E-state index is 1.16. The van der Waals surface area contributed by atoms with Gasteiger partial charge in [0.2, 0.25) is 0 Å². The molecule has 0 aliphatic rings. The van der Waals surface area contributed by atoms with E-state index >= 15 is 0 Å². The van der Waals surface area contributed by atoms with Gasteiger partial charge in [0, 0.05) is 48.8 Å². The van der Waals surface area contributed by atoms with Gasteiger partial charge in [0.05, 0.1) is 60.7 Å². The second-order valence-corrected chi connectivity index (χ2v) is 14.1. The number of rotatable bonds is 1. The summed E-state index contributed by atoms with van der Waals surface area (Å²) in [5.41, 5.74) is 14.4. The summed E-state index contributed by atoms with van der Waals surface area (Å²) in [4.78, 5) is 0. The van der Waals surface area contributed by atoms with Crippen molar-refractivity contribution in [2.75, 3.05) is 0 Å². The summed E-state index contributed by atoms with van der Waals surface area (Å²) in [6.45, 7) is 0. The van der Waals surface area contributed by atoms with Gasteiger partial charge in [0.15, 0.2) is 0 Å². The van der Waals surface area contributed by atoms with Crippen LogP contribution in [-0.2, 0) is 0 Å². The molecular weight excluding hydrogens is 633 g/mol. The summed E-state index contributed by atoms with van der Waals surface area (Å²) in [6, 6.07) is 62.9. The summed E-state index contributed by atoms with van der Waals surface area (Å²) in [5, 5.41) is 10.1. The maximum absolute atomic E-state index is 2.54. The van der Waals surface area contributed by atoms with Crippen LogP contribution >= 0.6 is 0 Å². The zero-order valence-electron chi connectivity index (χ0n) is 28.0. The molecule has 0 unspecified atom stereocenters. The quantitative estimate of drug-likeness (QED) is 0.167. The fourth-order valence-electron chi connectivity index (χ4n) is 9.65. The van der Waals surface area contributed by atoms with Crippen molar-refractivity contribution in [3.05, 3.63) is 170 Å². The largest absolute Gasteiger partial charge is 0.309 e. The van der Waals surface area contributed by atoms with Crippen molar-refractivity contribution in [1.82, 2.24) is 17.8 Å². The molecule has 0 fully saturated rings. The molecule has 0 radical (unpaired) electrons. The van der Waals surface area contributed by atoms with Gasteiger partial charge in [0.1, 0.15) is 0 Å². The Kier molecular flexibility index (Phi) is 4.83. The lowest BCUT2D eigenvalue weighted by molar-refractivity contribution is 1.18. The van der Waals surface area contributed by atoms with Crippen LogP contribution in [0.2, 0.25) is 0 Å². The fourth-order valence-corrected chi connectivity index (χ4v) is 9.65. The summed E-state index contributed by atoms with van der Waals surface area (Å²) >= 11 is 0. The molecule has 8 aromatic carbocycles. The van der Waals surface area contributed by atoms with Crippen LogP contribution in [0.15, 0.2) is 170 Å². The standard InChI is InChI=1S/C48H28N4/c1-5-17-38-30(12-1)31-13-2-6-18-39(31)49(38)29-24-27-42-37(28-29)36-26-25-35-33-15-4-8-20-41(33)52-45-23-11-16-34-32-14-3-7-19-40(32)50(46(34)45)43-21-9-10-22-44(43)51(42)48(36)47(35)52/h1-28H. The van der Waals surface area contributed by atoms with Gasteiger partial charge in [-0.3, -0.25) is 0 Å². The fraction of sp³-hybridized carbons (Fsp3) is 0. The molecule has 0 bridgehead atoms. The van der Waals surface area contributed by atoms with Crippen LogP contribution in [0.3, 0.4) is 0 Å². The molecule has 13 aromatic rings. The van der Waals surface area contributed by atoms with Crippen molar-refractivity contribution >= 4 is 104 Å². The lowest BCUT2D eigenvalue weighted by atomic mass is 10.1. The molecule has 0 atom stereocenters. The van der Waals surface area contributed by atoms with E-state index in [0.29, 0.717) is 0 Å². The monoisotopic (exact) mass is 660 g/mol. The normalized spacial score (nSPS) is 12.6. The van der Waals surface area contributed by atoms with Gasteiger partial charge in [-0.15, -0.1) is 0 Å². The molecule has 0 amide bonds. The highest BCUT2D eigenvalue weighted by Gasteiger charge is 2.22. The molecule has 0 spiro atoms. The summed E-state index contributed by atoms with van der Waals surface area (Å²) < 4.78 is 10.0. The first-order chi connectivity index (χ1) is 25.8. The Morgan fingerprint density at radius 1 is 0.231 bits per heavy atom. The molecule has 240 valence electrons. The molecule has 0 aliphatic heterocycles. The van der Waals surface area contributed by atoms with E-state index in [4.69, 9.17) is 0 Å². The van der Waals surface area contributed by atoms with Gasteiger partial charge in [0.25, 0.3) is 0 Å². The Bertz CT molecular complexity index is 3640. The molecule has 5 aromatic heterocycles. The zero-order valence-corrected chi connectivity index (χ0v) is 28.0. The molecule has 0 saturated carbocycles. The number of nitrogens with zero attached hydrogens (tertiary/aromatic N) is 4. The first-order valence-electron chi connectivity index (χ1n) is 18.0. The van der Waals surface area contributed by atoms with Crippen molar-refractivity contribution in [2.45, 2.75) is 0 Å². The Balaban J connectivity index is 1.34. The lowest BCUT2D eigenvalue weighted by Gasteiger charge is -2.09. The van der Waals surface area contributed by atoms with E-state index in [-0.39, 0.29) is 0 Å². The van der Waals surface area contributed by atoms with Crippen molar-refractivity contribution in [3.8, 4) is 5.69 Å². The van der Waals surface area contributed by atoms with Crippen molar-refractivity contribution < 1.29 is 0 Å². The van der Waals surface area contributed by atoms with E-state index in [2.05, 4.69) is 188 Å². The number of hydrogen-bond donors (Lipinski definition) is 0. The van der Waals surface area contributed by atoms with Crippen LogP contribution < -0.4 is 0 Å². The van der Waals surface area contributed by atoms with Gasteiger partial charge in [-0.05, 0) is 60.7 Å². The second kappa shape index (κ2) is 9.39. The molecular formula is C48H28N4. The average Bonchev–Trinajstić information content (AvgIpc) is 3.93. The van der Waals surface area contributed by atoms with Crippen LogP contribution in [-0.4, -0.2) is 17.8 Å². The minimum atomic E-state index is 1.16. The predicted octanol–water partition coefficient (Wildman–Crippen LogP) is 12.5. The Morgan fingerprint density at radius 3 is 1.21 bits per heavy atom.